The Morgan fingerprint density at radius 1 is 0.365 bits per heavy atom. The molecule has 0 aliphatic rings. The Hall–Kier alpha value is -7.04. The van der Waals surface area contributed by atoms with E-state index in [-0.39, 0.29) is 0 Å². The lowest BCUT2D eigenvalue weighted by molar-refractivity contribution is 1.08. The Bertz CT molecular complexity index is 3390. The summed E-state index contributed by atoms with van der Waals surface area (Å²) in [7, 11) is 0. The molecule has 4 heteroatoms. The zero-order chi connectivity index (χ0) is 33.9. The van der Waals surface area contributed by atoms with Crippen molar-refractivity contribution >= 4 is 87.0 Å². The predicted molar refractivity (Wildman–Crippen MR) is 217 cm³/mol. The van der Waals surface area contributed by atoms with Gasteiger partial charge in [0, 0.05) is 38.2 Å². The third kappa shape index (κ3) is 3.60. The van der Waals surface area contributed by atoms with E-state index in [0.717, 1.165) is 44.8 Å². The Kier molecular flexibility index (Phi) is 5.47. The Balaban J connectivity index is 1.40. The largest absolute Gasteiger partial charge is 0.309 e. The maximum atomic E-state index is 5.44. The standard InChI is InChI=1S/C48H28N4/c1-3-14-29(15-4-1)46-48(50-38-24-12-11-23-37(38)49-46)52-39-25-13-22-35-33-20-9-10-21-34(33)36-28-30-16-7-8-19-32(30)47-43(36)45-40(26-27-41(52)44(45)42(35)39)51(47)31-17-5-2-6-18-31/h1-28H. The van der Waals surface area contributed by atoms with Crippen LogP contribution in [0.1, 0.15) is 0 Å². The molecule has 3 aromatic heterocycles. The van der Waals surface area contributed by atoms with Crippen molar-refractivity contribution in [3.8, 4) is 22.8 Å². The van der Waals surface area contributed by atoms with Crippen LogP contribution >= 0.6 is 0 Å². The number of rotatable bonds is 3. The van der Waals surface area contributed by atoms with E-state index in [4.69, 9.17) is 9.97 Å². The van der Waals surface area contributed by atoms with Gasteiger partial charge < -0.3 is 4.57 Å². The van der Waals surface area contributed by atoms with E-state index in [9.17, 15) is 0 Å². The van der Waals surface area contributed by atoms with Crippen molar-refractivity contribution in [3.63, 3.8) is 0 Å². The van der Waals surface area contributed by atoms with Crippen molar-refractivity contribution in [1.29, 1.82) is 0 Å². The molecule has 0 aliphatic heterocycles. The predicted octanol–water partition coefficient (Wildman–Crippen LogP) is 12.4. The quantitative estimate of drug-likeness (QED) is 0.189. The monoisotopic (exact) mass is 660 g/mol. The van der Waals surface area contributed by atoms with Gasteiger partial charge in [-0.05, 0) is 75.5 Å². The van der Waals surface area contributed by atoms with E-state index in [0.29, 0.717) is 0 Å². The molecule has 0 amide bonds. The van der Waals surface area contributed by atoms with Crippen LogP contribution in [0.3, 0.4) is 0 Å². The second-order valence-corrected chi connectivity index (χ2v) is 13.7. The molecule has 12 aromatic rings. The molecule has 0 N–H and O–H groups in total. The molecule has 0 saturated heterocycles. The van der Waals surface area contributed by atoms with Crippen molar-refractivity contribution in [3.05, 3.63) is 170 Å². The van der Waals surface area contributed by atoms with Crippen LogP contribution in [-0.2, 0) is 0 Å². The van der Waals surface area contributed by atoms with Gasteiger partial charge in [0.25, 0.3) is 0 Å². The minimum absolute atomic E-state index is 0.825. The summed E-state index contributed by atoms with van der Waals surface area (Å²) in [6, 6.07) is 61.1. The van der Waals surface area contributed by atoms with E-state index in [1.165, 1.54) is 64.9 Å². The van der Waals surface area contributed by atoms with E-state index >= 15 is 0 Å². The van der Waals surface area contributed by atoms with Crippen LogP contribution < -0.4 is 0 Å². The van der Waals surface area contributed by atoms with Crippen LogP contribution in [0.2, 0.25) is 0 Å². The lowest BCUT2D eigenvalue weighted by atomic mass is 9.93. The molecule has 12 rings (SSSR count). The second-order valence-electron chi connectivity index (χ2n) is 13.7. The normalized spacial score (nSPS) is 12.2. The Labute approximate surface area is 297 Å². The first kappa shape index (κ1) is 27.7. The van der Waals surface area contributed by atoms with E-state index in [1.54, 1.807) is 0 Å². The van der Waals surface area contributed by atoms with Gasteiger partial charge in [-0.2, -0.15) is 0 Å². The summed E-state index contributed by atoms with van der Waals surface area (Å²) >= 11 is 0. The number of aromatic nitrogens is 4. The molecule has 0 spiro atoms. The third-order valence-electron chi connectivity index (χ3n) is 11.0. The van der Waals surface area contributed by atoms with E-state index < -0.39 is 0 Å². The van der Waals surface area contributed by atoms with Crippen LogP contribution in [0.15, 0.2) is 170 Å². The number of nitrogens with zero attached hydrogens (tertiary/aromatic N) is 4. The van der Waals surface area contributed by atoms with Gasteiger partial charge in [0.2, 0.25) is 0 Å². The third-order valence-corrected chi connectivity index (χ3v) is 11.0. The highest BCUT2D eigenvalue weighted by atomic mass is 15.1. The molecule has 0 radical (unpaired) electrons. The average Bonchev–Trinajstić information content (AvgIpc) is 3.74. The van der Waals surface area contributed by atoms with E-state index in [1.807, 2.05) is 12.1 Å². The van der Waals surface area contributed by atoms with Crippen LogP contribution in [0, 0.1) is 0 Å². The molecule has 0 aliphatic carbocycles. The van der Waals surface area contributed by atoms with Gasteiger partial charge in [0.15, 0.2) is 5.82 Å². The number of fused-ring (bicyclic) bond motifs is 6. The molecule has 52 heavy (non-hydrogen) atoms. The van der Waals surface area contributed by atoms with Gasteiger partial charge in [0.1, 0.15) is 5.69 Å². The first-order chi connectivity index (χ1) is 25.8. The summed E-state index contributed by atoms with van der Waals surface area (Å²) in [4.78, 5) is 10.7. The highest BCUT2D eigenvalue weighted by Crippen LogP contribution is 2.49. The molecule has 0 atom stereocenters. The minimum Gasteiger partial charge on any atom is -0.309 e. The summed E-state index contributed by atoms with van der Waals surface area (Å²) in [5.41, 5.74) is 9.43. The molecular formula is C48H28N4. The number of benzene rings is 8. The van der Waals surface area contributed by atoms with Crippen LogP contribution in [-0.4, -0.2) is 19.1 Å². The summed E-state index contributed by atoms with van der Waals surface area (Å²) in [5, 5.41) is 12.4. The van der Waals surface area contributed by atoms with Crippen molar-refractivity contribution in [2.75, 3.05) is 0 Å². The summed E-state index contributed by atoms with van der Waals surface area (Å²) < 4.78 is 4.86. The van der Waals surface area contributed by atoms with Crippen LogP contribution in [0.5, 0.6) is 0 Å². The number of hydrogen-bond donors (Lipinski definition) is 0. The topological polar surface area (TPSA) is 35.6 Å². The Morgan fingerprint density at radius 3 is 1.73 bits per heavy atom. The molecule has 9 aromatic carbocycles. The van der Waals surface area contributed by atoms with Gasteiger partial charge in [0.05, 0.1) is 33.1 Å². The average molecular weight is 661 g/mol. The molecule has 0 bridgehead atoms. The fraction of sp³-hybridized carbons (Fsp3) is 0. The maximum absolute atomic E-state index is 5.44. The van der Waals surface area contributed by atoms with Crippen molar-refractivity contribution in [2.45, 2.75) is 0 Å². The fourth-order valence-electron chi connectivity index (χ4n) is 8.91. The SMILES string of the molecule is c1ccc(-c2nc3ccccc3nc2-n2c3cccc4c5ccccc5c5cc6ccccc6c6c5c5c(c43)c2ccc5n6-c2ccccc2)cc1. The molecule has 0 saturated carbocycles. The molecule has 4 nitrogen and oxygen atoms in total. The molecule has 3 heterocycles. The first-order valence-corrected chi connectivity index (χ1v) is 17.8. The van der Waals surface area contributed by atoms with Gasteiger partial charge in [-0.25, -0.2) is 9.97 Å². The number of para-hydroxylation sites is 3. The van der Waals surface area contributed by atoms with Crippen molar-refractivity contribution in [2.24, 2.45) is 0 Å². The van der Waals surface area contributed by atoms with Gasteiger partial charge >= 0.3 is 0 Å². The zero-order valence-corrected chi connectivity index (χ0v) is 28.0. The van der Waals surface area contributed by atoms with Gasteiger partial charge in [-0.1, -0.05) is 121 Å². The first-order valence-electron chi connectivity index (χ1n) is 17.8. The summed E-state index contributed by atoms with van der Waals surface area (Å²) in [6.45, 7) is 0. The number of hydrogen-bond acceptors (Lipinski definition) is 2. The smallest absolute Gasteiger partial charge is 0.165 e. The second kappa shape index (κ2) is 10.3. The Morgan fingerprint density at radius 2 is 0.942 bits per heavy atom. The zero-order valence-electron chi connectivity index (χ0n) is 28.0. The summed E-state index contributed by atoms with van der Waals surface area (Å²) in [6.07, 6.45) is 0. The van der Waals surface area contributed by atoms with Gasteiger partial charge in [-0.15, -0.1) is 0 Å². The van der Waals surface area contributed by atoms with E-state index in [2.05, 4.69) is 167 Å². The summed E-state index contributed by atoms with van der Waals surface area (Å²) in [5.74, 6) is 0.825. The lowest BCUT2D eigenvalue weighted by Crippen LogP contribution is -2.03. The highest BCUT2D eigenvalue weighted by molar-refractivity contribution is 6.41. The maximum Gasteiger partial charge on any atom is 0.165 e. The molecular weight excluding hydrogens is 633 g/mol. The highest BCUT2D eigenvalue weighted by Gasteiger charge is 2.27. The van der Waals surface area contributed by atoms with Crippen molar-refractivity contribution < 1.29 is 0 Å². The van der Waals surface area contributed by atoms with Crippen LogP contribution in [0.4, 0.5) is 0 Å². The van der Waals surface area contributed by atoms with Crippen molar-refractivity contribution in [1.82, 2.24) is 19.1 Å². The molecule has 0 fully saturated rings. The minimum atomic E-state index is 0.825. The lowest BCUT2D eigenvalue weighted by Gasteiger charge is -2.14. The molecule has 240 valence electrons. The molecule has 0 unspecified atom stereocenters. The van der Waals surface area contributed by atoms with Crippen LogP contribution in [0.25, 0.3) is 110 Å². The van der Waals surface area contributed by atoms with Gasteiger partial charge in [-0.3, -0.25) is 4.57 Å². The fourth-order valence-corrected chi connectivity index (χ4v) is 8.91.